The van der Waals surface area contributed by atoms with Gasteiger partial charge in [-0.15, -0.1) is 0 Å². The van der Waals surface area contributed by atoms with Crippen LogP contribution in [0.3, 0.4) is 0 Å². The third kappa shape index (κ3) is 2.96. The highest BCUT2D eigenvalue weighted by atomic mass is 16.5. The number of ether oxygens (including phenoxy) is 1. The lowest BCUT2D eigenvalue weighted by Crippen LogP contribution is -2.26. The predicted molar refractivity (Wildman–Crippen MR) is 51.0 cm³/mol. The van der Waals surface area contributed by atoms with E-state index in [9.17, 15) is 9.90 Å². The Morgan fingerprint density at radius 1 is 1.50 bits per heavy atom. The van der Waals surface area contributed by atoms with Gasteiger partial charge in [-0.3, -0.25) is 4.79 Å². The van der Waals surface area contributed by atoms with E-state index in [1.54, 1.807) is 0 Å². The quantitative estimate of drug-likeness (QED) is 0.675. The maximum Gasteiger partial charge on any atom is 0.309 e. The summed E-state index contributed by atoms with van der Waals surface area (Å²) in [6.07, 6.45) is 1.10. The third-order valence-corrected chi connectivity index (χ3v) is 2.56. The molecule has 14 heavy (non-hydrogen) atoms. The number of rotatable bonds is 6. The van der Waals surface area contributed by atoms with Crippen molar-refractivity contribution in [3.05, 3.63) is 0 Å². The van der Waals surface area contributed by atoms with Crippen molar-refractivity contribution in [1.29, 1.82) is 0 Å². The maximum atomic E-state index is 10.8. The van der Waals surface area contributed by atoms with Gasteiger partial charge in [-0.2, -0.15) is 0 Å². The number of aliphatic carboxylic acids is 1. The summed E-state index contributed by atoms with van der Waals surface area (Å²) in [6, 6.07) is 0. The lowest BCUT2D eigenvalue weighted by atomic mass is 9.99. The molecule has 1 aliphatic carbocycles. The van der Waals surface area contributed by atoms with Gasteiger partial charge in [-0.25, -0.2) is 0 Å². The Kier molecular flexibility index (Phi) is 3.50. The fraction of sp³-hybridized carbons (Fsp3) is 0.900. The number of carboxylic acid groups (broad SMARTS) is 1. The first-order valence-corrected chi connectivity index (χ1v) is 4.99. The molecule has 1 fully saturated rings. The Hall–Kier alpha value is -0.610. The van der Waals surface area contributed by atoms with Crippen LogP contribution in [0.15, 0.2) is 0 Å². The number of hydrogen-bond acceptors (Lipinski definition) is 3. The second-order valence-electron chi connectivity index (χ2n) is 4.33. The van der Waals surface area contributed by atoms with Crippen LogP contribution in [0.2, 0.25) is 0 Å². The summed E-state index contributed by atoms with van der Waals surface area (Å²) in [4.78, 5) is 10.8. The monoisotopic (exact) mass is 202 g/mol. The SMILES string of the molecule is CC(C)OCC(O)CC1(C(=O)O)CC1. The minimum Gasteiger partial charge on any atom is -0.481 e. The number of hydrogen-bond donors (Lipinski definition) is 2. The molecule has 0 aliphatic heterocycles. The zero-order valence-electron chi connectivity index (χ0n) is 8.69. The molecule has 0 spiro atoms. The average Bonchev–Trinajstić information content (AvgIpc) is 2.82. The standard InChI is InChI=1S/C10H18O4/c1-7(2)14-6-8(11)5-10(3-4-10)9(12)13/h7-8,11H,3-6H2,1-2H3,(H,12,13). The Labute approximate surface area is 83.9 Å². The maximum absolute atomic E-state index is 10.8. The average molecular weight is 202 g/mol. The van der Waals surface area contributed by atoms with Crippen LogP contribution >= 0.6 is 0 Å². The van der Waals surface area contributed by atoms with Crippen LogP contribution in [0.5, 0.6) is 0 Å². The number of carboxylic acids is 1. The minimum atomic E-state index is -0.791. The second-order valence-corrected chi connectivity index (χ2v) is 4.33. The summed E-state index contributed by atoms with van der Waals surface area (Å²) in [5, 5.41) is 18.4. The molecule has 4 heteroatoms. The summed E-state index contributed by atoms with van der Waals surface area (Å²) < 4.78 is 5.21. The van der Waals surface area contributed by atoms with Crippen LogP contribution in [0, 0.1) is 5.41 Å². The molecule has 0 bridgehead atoms. The first-order chi connectivity index (χ1) is 6.46. The van der Waals surface area contributed by atoms with Gasteiger partial charge in [0.15, 0.2) is 0 Å². The topological polar surface area (TPSA) is 66.8 Å². The Morgan fingerprint density at radius 3 is 2.43 bits per heavy atom. The van der Waals surface area contributed by atoms with Crippen LogP contribution in [-0.4, -0.2) is 35.0 Å². The number of aliphatic hydroxyl groups excluding tert-OH is 1. The highest BCUT2D eigenvalue weighted by Crippen LogP contribution is 2.49. The molecule has 1 aliphatic rings. The Bertz CT molecular complexity index is 208. The molecule has 1 rings (SSSR count). The van der Waals surface area contributed by atoms with E-state index in [1.165, 1.54) is 0 Å². The molecule has 2 N–H and O–H groups in total. The zero-order valence-corrected chi connectivity index (χ0v) is 8.69. The van der Waals surface area contributed by atoms with Gasteiger partial charge >= 0.3 is 5.97 Å². The molecule has 1 saturated carbocycles. The van der Waals surface area contributed by atoms with Crippen molar-refractivity contribution in [3.8, 4) is 0 Å². The van der Waals surface area contributed by atoms with Gasteiger partial charge in [0.1, 0.15) is 0 Å². The predicted octanol–water partition coefficient (Wildman–Crippen LogP) is 1.03. The summed E-state index contributed by atoms with van der Waals surface area (Å²) in [6.45, 7) is 4.00. The fourth-order valence-corrected chi connectivity index (χ4v) is 1.47. The van der Waals surface area contributed by atoms with E-state index >= 15 is 0 Å². The highest BCUT2D eigenvalue weighted by Gasteiger charge is 2.51. The van der Waals surface area contributed by atoms with E-state index in [4.69, 9.17) is 9.84 Å². The molecule has 1 unspecified atom stereocenters. The summed E-state index contributed by atoms with van der Waals surface area (Å²) in [7, 11) is 0. The van der Waals surface area contributed by atoms with E-state index in [0.29, 0.717) is 19.3 Å². The van der Waals surface area contributed by atoms with Crippen LogP contribution in [0.4, 0.5) is 0 Å². The van der Waals surface area contributed by atoms with Gasteiger partial charge in [-0.1, -0.05) is 0 Å². The molecule has 0 aromatic carbocycles. The highest BCUT2D eigenvalue weighted by molar-refractivity contribution is 5.77. The van der Waals surface area contributed by atoms with Crippen molar-refractivity contribution in [2.75, 3.05) is 6.61 Å². The van der Waals surface area contributed by atoms with Crippen LogP contribution in [-0.2, 0) is 9.53 Å². The number of aliphatic hydroxyl groups is 1. The molecule has 1 atom stereocenters. The van der Waals surface area contributed by atoms with Crippen LogP contribution < -0.4 is 0 Å². The lowest BCUT2D eigenvalue weighted by Gasteiger charge is -2.16. The lowest BCUT2D eigenvalue weighted by molar-refractivity contribution is -0.145. The molecule has 0 saturated heterocycles. The summed E-state index contributed by atoms with van der Waals surface area (Å²) >= 11 is 0. The van der Waals surface area contributed by atoms with Gasteiger partial charge < -0.3 is 14.9 Å². The third-order valence-electron chi connectivity index (χ3n) is 2.56. The smallest absolute Gasteiger partial charge is 0.309 e. The molecule has 0 aromatic heterocycles. The summed E-state index contributed by atoms with van der Waals surface area (Å²) in [5.41, 5.74) is -0.653. The van der Waals surface area contributed by atoms with Crippen molar-refractivity contribution < 1.29 is 19.7 Å². The normalized spacial score (nSPS) is 20.9. The fourth-order valence-electron chi connectivity index (χ4n) is 1.47. The van der Waals surface area contributed by atoms with Crippen molar-refractivity contribution >= 4 is 5.97 Å². The first-order valence-electron chi connectivity index (χ1n) is 4.99. The largest absolute Gasteiger partial charge is 0.481 e. The Balaban J connectivity index is 2.27. The van der Waals surface area contributed by atoms with E-state index < -0.39 is 17.5 Å². The van der Waals surface area contributed by atoms with E-state index in [1.807, 2.05) is 13.8 Å². The van der Waals surface area contributed by atoms with Crippen molar-refractivity contribution in [2.24, 2.45) is 5.41 Å². The van der Waals surface area contributed by atoms with Gasteiger partial charge in [0.2, 0.25) is 0 Å². The van der Waals surface area contributed by atoms with E-state index in [2.05, 4.69) is 0 Å². The molecular weight excluding hydrogens is 184 g/mol. The second kappa shape index (κ2) is 4.28. The molecular formula is C10H18O4. The minimum absolute atomic E-state index is 0.0737. The molecule has 4 nitrogen and oxygen atoms in total. The van der Waals surface area contributed by atoms with Gasteiger partial charge in [0.05, 0.1) is 24.2 Å². The molecule has 0 amide bonds. The van der Waals surface area contributed by atoms with Crippen molar-refractivity contribution in [1.82, 2.24) is 0 Å². The molecule has 0 heterocycles. The summed E-state index contributed by atoms with van der Waals surface area (Å²) in [5.74, 6) is -0.791. The van der Waals surface area contributed by atoms with Crippen molar-refractivity contribution in [2.45, 2.75) is 45.3 Å². The molecule has 0 radical (unpaired) electrons. The van der Waals surface area contributed by atoms with E-state index in [-0.39, 0.29) is 12.7 Å². The molecule has 0 aromatic rings. The van der Waals surface area contributed by atoms with Crippen LogP contribution in [0.25, 0.3) is 0 Å². The van der Waals surface area contributed by atoms with E-state index in [0.717, 1.165) is 0 Å². The van der Waals surface area contributed by atoms with Gasteiger partial charge in [0.25, 0.3) is 0 Å². The molecule has 82 valence electrons. The van der Waals surface area contributed by atoms with Gasteiger partial charge in [0, 0.05) is 0 Å². The van der Waals surface area contributed by atoms with Crippen molar-refractivity contribution in [3.63, 3.8) is 0 Å². The number of carbonyl (C=O) groups is 1. The van der Waals surface area contributed by atoms with Gasteiger partial charge in [-0.05, 0) is 33.1 Å². The first kappa shape index (κ1) is 11.5. The Morgan fingerprint density at radius 2 is 2.07 bits per heavy atom. The zero-order chi connectivity index (χ0) is 10.8. The van der Waals surface area contributed by atoms with Crippen LogP contribution in [0.1, 0.15) is 33.1 Å².